The summed E-state index contributed by atoms with van der Waals surface area (Å²) in [7, 11) is 1.61. The minimum Gasteiger partial charge on any atom is -0.507 e. The molecule has 1 aromatic carbocycles. The molecule has 0 aliphatic carbocycles. The van der Waals surface area contributed by atoms with Crippen molar-refractivity contribution < 1.29 is 14.6 Å². The summed E-state index contributed by atoms with van der Waals surface area (Å²) in [6.07, 6.45) is 4.14. The number of aliphatic hydroxyl groups is 1. The van der Waals surface area contributed by atoms with Crippen LogP contribution in [0.15, 0.2) is 42.7 Å². The Labute approximate surface area is 136 Å². The smallest absolute Gasteiger partial charge is 0.244 e. The molecule has 0 amide bonds. The van der Waals surface area contributed by atoms with E-state index >= 15 is 0 Å². The Morgan fingerprint density at radius 3 is 2.83 bits per heavy atom. The summed E-state index contributed by atoms with van der Waals surface area (Å²) >= 11 is 0. The van der Waals surface area contributed by atoms with Crippen LogP contribution in [0, 0.1) is 0 Å². The first-order valence-corrected chi connectivity index (χ1v) is 7.00. The maximum atomic E-state index is 11.8. The van der Waals surface area contributed by atoms with Gasteiger partial charge < -0.3 is 9.84 Å². The van der Waals surface area contributed by atoms with Gasteiger partial charge in [0.2, 0.25) is 11.6 Å². The second kappa shape index (κ2) is 6.73. The van der Waals surface area contributed by atoms with Gasteiger partial charge in [0, 0.05) is 12.3 Å². The molecule has 0 radical (unpaired) electrons. The van der Waals surface area contributed by atoms with Crippen molar-refractivity contribution >= 4 is 11.5 Å². The molecule has 0 saturated heterocycles. The van der Waals surface area contributed by atoms with Crippen molar-refractivity contribution in [1.29, 1.82) is 0 Å². The standard InChI is InChI=1S/C15H14N6O3/c1-24-12-4-2-10(3-5-12)8-21-9-11(7-16-21)13(22)6-14(23)15-17-19-20-18-15/h2-7,9,22H,8H2,1H3,(H,17,18,19,20). The number of carbonyl (C=O) groups excluding carboxylic acids is 1. The number of aliphatic hydroxyl groups excluding tert-OH is 1. The van der Waals surface area contributed by atoms with E-state index in [1.54, 1.807) is 18.0 Å². The van der Waals surface area contributed by atoms with Gasteiger partial charge in [0.15, 0.2) is 0 Å². The molecule has 2 N–H and O–H groups in total. The molecule has 122 valence electrons. The van der Waals surface area contributed by atoms with E-state index in [4.69, 9.17) is 4.74 Å². The third-order valence-electron chi connectivity index (χ3n) is 3.27. The lowest BCUT2D eigenvalue weighted by atomic mass is 10.2. The first kappa shape index (κ1) is 15.4. The van der Waals surface area contributed by atoms with Gasteiger partial charge in [0.25, 0.3) is 0 Å². The molecule has 0 fully saturated rings. The molecule has 0 saturated carbocycles. The molecule has 2 heterocycles. The van der Waals surface area contributed by atoms with E-state index in [1.807, 2.05) is 24.3 Å². The number of allylic oxidation sites excluding steroid dienone is 1. The van der Waals surface area contributed by atoms with Crippen molar-refractivity contribution in [3.05, 3.63) is 59.7 Å². The first-order chi connectivity index (χ1) is 11.7. The van der Waals surface area contributed by atoms with Gasteiger partial charge in [0.05, 0.1) is 25.4 Å². The third-order valence-corrected chi connectivity index (χ3v) is 3.27. The van der Waals surface area contributed by atoms with E-state index < -0.39 is 5.78 Å². The predicted molar refractivity (Wildman–Crippen MR) is 83.4 cm³/mol. The van der Waals surface area contributed by atoms with Crippen LogP contribution in [-0.2, 0) is 6.54 Å². The SMILES string of the molecule is COc1ccc(Cn2cc(C(O)=CC(=O)c3nn[nH]n3)cn2)cc1. The molecule has 3 rings (SSSR count). The molecule has 24 heavy (non-hydrogen) atoms. The number of aromatic amines is 1. The predicted octanol–water partition coefficient (Wildman–Crippen LogP) is 1.23. The summed E-state index contributed by atoms with van der Waals surface area (Å²) in [6, 6.07) is 7.58. The normalized spacial score (nSPS) is 11.5. The van der Waals surface area contributed by atoms with Crippen molar-refractivity contribution in [1.82, 2.24) is 30.4 Å². The van der Waals surface area contributed by atoms with Crippen molar-refractivity contribution in [2.24, 2.45) is 0 Å². The average molecular weight is 326 g/mol. The molecule has 0 aliphatic heterocycles. The average Bonchev–Trinajstić information content (AvgIpc) is 3.27. The van der Waals surface area contributed by atoms with Gasteiger partial charge in [-0.3, -0.25) is 9.48 Å². The van der Waals surface area contributed by atoms with E-state index in [0.717, 1.165) is 17.4 Å². The van der Waals surface area contributed by atoms with Crippen molar-refractivity contribution in [2.45, 2.75) is 6.54 Å². The van der Waals surface area contributed by atoms with Crippen LogP contribution < -0.4 is 4.74 Å². The molecule has 0 unspecified atom stereocenters. The number of aromatic nitrogens is 6. The Balaban J connectivity index is 1.71. The van der Waals surface area contributed by atoms with Crippen LogP contribution in [0.25, 0.3) is 5.76 Å². The highest BCUT2D eigenvalue weighted by Crippen LogP contribution is 2.14. The second-order valence-corrected chi connectivity index (χ2v) is 4.90. The highest BCUT2D eigenvalue weighted by atomic mass is 16.5. The minimum absolute atomic E-state index is 0.118. The number of rotatable bonds is 6. The second-order valence-electron chi connectivity index (χ2n) is 4.90. The van der Waals surface area contributed by atoms with Gasteiger partial charge in [-0.05, 0) is 22.9 Å². The number of benzene rings is 1. The number of ketones is 1. The zero-order chi connectivity index (χ0) is 16.9. The number of nitrogens with zero attached hydrogens (tertiary/aromatic N) is 5. The van der Waals surface area contributed by atoms with Gasteiger partial charge in [0.1, 0.15) is 11.5 Å². The summed E-state index contributed by atoms with van der Waals surface area (Å²) in [4.78, 5) is 11.8. The molecular weight excluding hydrogens is 312 g/mol. The molecule has 0 bridgehead atoms. The molecule has 0 atom stereocenters. The van der Waals surface area contributed by atoms with E-state index in [0.29, 0.717) is 12.1 Å². The number of carbonyl (C=O) groups is 1. The Morgan fingerprint density at radius 2 is 2.17 bits per heavy atom. The largest absolute Gasteiger partial charge is 0.507 e. The van der Waals surface area contributed by atoms with Crippen molar-refractivity contribution in [3.8, 4) is 5.75 Å². The van der Waals surface area contributed by atoms with Gasteiger partial charge >= 0.3 is 0 Å². The van der Waals surface area contributed by atoms with E-state index in [2.05, 4.69) is 25.7 Å². The number of H-pyrrole nitrogens is 1. The molecule has 9 heteroatoms. The maximum Gasteiger partial charge on any atom is 0.244 e. The number of hydrogen-bond donors (Lipinski definition) is 2. The first-order valence-electron chi connectivity index (χ1n) is 7.00. The van der Waals surface area contributed by atoms with Crippen LogP contribution >= 0.6 is 0 Å². The fourth-order valence-electron chi connectivity index (χ4n) is 2.04. The zero-order valence-corrected chi connectivity index (χ0v) is 12.7. The molecule has 9 nitrogen and oxygen atoms in total. The summed E-state index contributed by atoms with van der Waals surface area (Å²) in [5, 5.41) is 26.8. The topological polar surface area (TPSA) is 119 Å². The van der Waals surface area contributed by atoms with Crippen molar-refractivity contribution in [2.75, 3.05) is 7.11 Å². The number of methoxy groups -OCH3 is 1. The minimum atomic E-state index is -0.552. The Kier molecular flexibility index (Phi) is 4.32. The van der Waals surface area contributed by atoms with Crippen LogP contribution in [0.4, 0.5) is 0 Å². The van der Waals surface area contributed by atoms with Crippen LogP contribution in [0.1, 0.15) is 21.7 Å². The summed E-state index contributed by atoms with van der Waals surface area (Å²) in [5.74, 6) is -0.109. The summed E-state index contributed by atoms with van der Waals surface area (Å²) in [6.45, 7) is 0.524. The number of ether oxygens (including phenoxy) is 1. The summed E-state index contributed by atoms with van der Waals surface area (Å²) in [5.41, 5.74) is 1.44. The molecular formula is C15H14N6O3. The molecule has 0 spiro atoms. The molecule has 0 aliphatic rings. The number of nitrogens with one attached hydrogen (secondary N) is 1. The van der Waals surface area contributed by atoms with Gasteiger partial charge in [-0.2, -0.15) is 10.3 Å². The lowest BCUT2D eigenvalue weighted by Gasteiger charge is -2.03. The maximum absolute atomic E-state index is 11.8. The van der Waals surface area contributed by atoms with E-state index in [1.165, 1.54) is 6.20 Å². The quantitative estimate of drug-likeness (QED) is 0.397. The zero-order valence-electron chi connectivity index (χ0n) is 12.7. The highest BCUT2D eigenvalue weighted by Gasteiger charge is 2.11. The fourth-order valence-corrected chi connectivity index (χ4v) is 2.04. The van der Waals surface area contributed by atoms with Crippen LogP contribution in [0.2, 0.25) is 0 Å². The van der Waals surface area contributed by atoms with E-state index in [-0.39, 0.29) is 11.6 Å². The Bertz CT molecular complexity index is 852. The van der Waals surface area contributed by atoms with Crippen LogP contribution in [0.3, 0.4) is 0 Å². The molecule has 3 aromatic rings. The van der Waals surface area contributed by atoms with Gasteiger partial charge in [-0.15, -0.1) is 10.2 Å². The Morgan fingerprint density at radius 1 is 1.38 bits per heavy atom. The third kappa shape index (κ3) is 3.46. The fraction of sp³-hybridized carbons (Fsp3) is 0.133. The lowest BCUT2D eigenvalue weighted by Crippen LogP contribution is -2.00. The van der Waals surface area contributed by atoms with E-state index in [9.17, 15) is 9.90 Å². The van der Waals surface area contributed by atoms with Crippen LogP contribution in [0.5, 0.6) is 5.75 Å². The van der Waals surface area contributed by atoms with Gasteiger partial charge in [-0.1, -0.05) is 12.1 Å². The number of hydrogen-bond acceptors (Lipinski definition) is 7. The Hall–Kier alpha value is -3.49. The van der Waals surface area contributed by atoms with Crippen molar-refractivity contribution in [3.63, 3.8) is 0 Å². The monoisotopic (exact) mass is 326 g/mol. The lowest BCUT2D eigenvalue weighted by molar-refractivity contribution is 0.103. The highest BCUT2D eigenvalue weighted by molar-refractivity contribution is 6.05. The van der Waals surface area contributed by atoms with Gasteiger partial charge in [-0.25, -0.2) is 0 Å². The molecule has 2 aromatic heterocycles. The number of tetrazole rings is 1. The van der Waals surface area contributed by atoms with Crippen LogP contribution in [-0.4, -0.2) is 48.4 Å². The summed E-state index contributed by atoms with van der Waals surface area (Å²) < 4.78 is 6.76.